The van der Waals surface area contributed by atoms with Crippen LogP contribution in [0.25, 0.3) is 0 Å². The van der Waals surface area contributed by atoms with Crippen LogP contribution in [0, 0.1) is 0 Å². The standard InChI is InChI=1S/C15H18N4/c1-11(2)18-12(3)19(13-7-5-4-6-8-13)14-9-16-10-17-15(14)18/h4-12H,1-3H3. The average molecular weight is 254 g/mol. The zero-order chi connectivity index (χ0) is 13.4. The smallest absolute Gasteiger partial charge is 0.157 e. The van der Waals surface area contributed by atoms with Crippen molar-refractivity contribution in [2.75, 3.05) is 9.80 Å². The molecule has 1 unspecified atom stereocenters. The lowest BCUT2D eigenvalue weighted by Crippen LogP contribution is -2.42. The van der Waals surface area contributed by atoms with Gasteiger partial charge in [-0.05, 0) is 32.9 Å². The number of hydrogen-bond donors (Lipinski definition) is 0. The lowest BCUT2D eigenvalue weighted by atomic mass is 10.2. The number of benzene rings is 1. The fourth-order valence-corrected chi connectivity index (χ4v) is 2.81. The molecule has 0 aliphatic carbocycles. The van der Waals surface area contributed by atoms with Crippen molar-refractivity contribution in [3.05, 3.63) is 42.9 Å². The Hall–Kier alpha value is -2.10. The summed E-state index contributed by atoms with van der Waals surface area (Å²) in [5, 5.41) is 0. The van der Waals surface area contributed by atoms with E-state index in [-0.39, 0.29) is 6.17 Å². The second kappa shape index (κ2) is 4.53. The highest BCUT2D eigenvalue weighted by Gasteiger charge is 2.36. The maximum absolute atomic E-state index is 4.46. The molecule has 0 saturated heterocycles. The van der Waals surface area contributed by atoms with Crippen molar-refractivity contribution >= 4 is 17.2 Å². The molecule has 1 aliphatic heterocycles. The summed E-state index contributed by atoms with van der Waals surface area (Å²) >= 11 is 0. The summed E-state index contributed by atoms with van der Waals surface area (Å²) in [4.78, 5) is 13.3. The van der Waals surface area contributed by atoms with Gasteiger partial charge in [-0.2, -0.15) is 0 Å². The molecule has 0 radical (unpaired) electrons. The summed E-state index contributed by atoms with van der Waals surface area (Å²) in [6.45, 7) is 6.59. The van der Waals surface area contributed by atoms with E-state index in [2.05, 4.69) is 64.8 Å². The molecule has 19 heavy (non-hydrogen) atoms. The van der Waals surface area contributed by atoms with E-state index in [4.69, 9.17) is 0 Å². The van der Waals surface area contributed by atoms with Crippen molar-refractivity contribution < 1.29 is 0 Å². The van der Waals surface area contributed by atoms with E-state index in [0.29, 0.717) is 6.04 Å². The molecule has 0 amide bonds. The molecule has 1 aliphatic rings. The van der Waals surface area contributed by atoms with Crippen LogP contribution in [0.3, 0.4) is 0 Å². The van der Waals surface area contributed by atoms with Crippen LogP contribution >= 0.6 is 0 Å². The lowest BCUT2D eigenvalue weighted by molar-refractivity contribution is 0.602. The van der Waals surface area contributed by atoms with Crippen molar-refractivity contribution in [2.45, 2.75) is 33.0 Å². The highest BCUT2D eigenvalue weighted by molar-refractivity contribution is 5.80. The Morgan fingerprint density at radius 2 is 1.89 bits per heavy atom. The zero-order valence-corrected chi connectivity index (χ0v) is 11.5. The fraction of sp³-hybridized carbons (Fsp3) is 0.333. The maximum Gasteiger partial charge on any atom is 0.157 e. The van der Waals surface area contributed by atoms with Crippen LogP contribution in [0.2, 0.25) is 0 Å². The SMILES string of the molecule is CC(C)N1c2ncncc2N(c2ccccc2)C1C. The number of fused-ring (bicyclic) bond motifs is 1. The second-order valence-electron chi connectivity index (χ2n) is 5.07. The molecular formula is C15H18N4. The van der Waals surface area contributed by atoms with Crippen LogP contribution in [0.4, 0.5) is 17.2 Å². The number of aromatic nitrogens is 2. The third kappa shape index (κ3) is 1.84. The van der Waals surface area contributed by atoms with Crippen molar-refractivity contribution in [2.24, 2.45) is 0 Å². The second-order valence-corrected chi connectivity index (χ2v) is 5.07. The zero-order valence-electron chi connectivity index (χ0n) is 11.5. The highest BCUT2D eigenvalue weighted by atomic mass is 15.4. The number of para-hydroxylation sites is 1. The van der Waals surface area contributed by atoms with E-state index in [9.17, 15) is 0 Å². The normalized spacial score (nSPS) is 18.0. The summed E-state index contributed by atoms with van der Waals surface area (Å²) in [5.41, 5.74) is 2.25. The van der Waals surface area contributed by atoms with Gasteiger partial charge >= 0.3 is 0 Å². The van der Waals surface area contributed by atoms with Gasteiger partial charge in [-0.1, -0.05) is 18.2 Å². The van der Waals surface area contributed by atoms with Crippen molar-refractivity contribution in [1.82, 2.24) is 9.97 Å². The third-order valence-electron chi connectivity index (χ3n) is 3.54. The molecule has 0 saturated carbocycles. The maximum atomic E-state index is 4.46. The van der Waals surface area contributed by atoms with Crippen LogP contribution in [0.5, 0.6) is 0 Å². The monoisotopic (exact) mass is 254 g/mol. The summed E-state index contributed by atoms with van der Waals surface area (Å²) in [5.74, 6) is 1.02. The van der Waals surface area contributed by atoms with Gasteiger partial charge in [0.2, 0.25) is 0 Å². The molecule has 0 bridgehead atoms. The van der Waals surface area contributed by atoms with Gasteiger partial charge in [0.1, 0.15) is 18.2 Å². The van der Waals surface area contributed by atoms with Gasteiger partial charge in [-0.15, -0.1) is 0 Å². The van der Waals surface area contributed by atoms with Crippen LogP contribution in [-0.4, -0.2) is 22.2 Å². The van der Waals surface area contributed by atoms with Crippen LogP contribution in [-0.2, 0) is 0 Å². The summed E-state index contributed by atoms with van der Waals surface area (Å²) in [7, 11) is 0. The van der Waals surface area contributed by atoms with Gasteiger partial charge in [0.25, 0.3) is 0 Å². The Bertz CT molecular complexity index is 567. The van der Waals surface area contributed by atoms with Crippen molar-refractivity contribution in [3.63, 3.8) is 0 Å². The van der Waals surface area contributed by atoms with Crippen LogP contribution in [0.1, 0.15) is 20.8 Å². The van der Waals surface area contributed by atoms with Gasteiger partial charge in [-0.3, -0.25) is 0 Å². The molecule has 3 rings (SSSR count). The molecule has 0 fully saturated rings. The topological polar surface area (TPSA) is 32.3 Å². The Morgan fingerprint density at radius 3 is 2.58 bits per heavy atom. The number of hydrogen-bond acceptors (Lipinski definition) is 4. The van der Waals surface area contributed by atoms with E-state index in [1.807, 2.05) is 12.3 Å². The first-order valence-corrected chi connectivity index (χ1v) is 6.63. The quantitative estimate of drug-likeness (QED) is 0.824. The molecule has 1 aromatic heterocycles. The van der Waals surface area contributed by atoms with E-state index in [1.165, 1.54) is 5.69 Å². The number of anilines is 3. The van der Waals surface area contributed by atoms with E-state index in [1.54, 1.807) is 6.33 Å². The number of nitrogens with zero attached hydrogens (tertiary/aromatic N) is 4. The molecule has 98 valence electrons. The molecule has 4 nitrogen and oxygen atoms in total. The largest absolute Gasteiger partial charge is 0.332 e. The Kier molecular flexibility index (Phi) is 2.85. The Balaban J connectivity index is 2.12. The first kappa shape index (κ1) is 12.0. The average Bonchev–Trinajstić information content (AvgIpc) is 2.71. The molecule has 0 spiro atoms. The summed E-state index contributed by atoms with van der Waals surface area (Å²) < 4.78 is 0. The minimum atomic E-state index is 0.245. The van der Waals surface area contributed by atoms with Gasteiger partial charge in [0.05, 0.1) is 6.20 Å². The first-order chi connectivity index (χ1) is 9.20. The van der Waals surface area contributed by atoms with Crippen molar-refractivity contribution in [1.29, 1.82) is 0 Å². The molecule has 1 atom stereocenters. The Labute approximate surface area is 113 Å². The summed E-state index contributed by atoms with van der Waals surface area (Å²) in [6.07, 6.45) is 3.76. The molecule has 1 aromatic carbocycles. The number of rotatable bonds is 2. The predicted octanol–water partition coefficient (Wildman–Crippen LogP) is 3.19. The molecular weight excluding hydrogens is 236 g/mol. The first-order valence-electron chi connectivity index (χ1n) is 6.63. The molecule has 4 heteroatoms. The van der Waals surface area contributed by atoms with Gasteiger partial charge < -0.3 is 9.80 Å². The van der Waals surface area contributed by atoms with E-state index < -0.39 is 0 Å². The minimum absolute atomic E-state index is 0.245. The lowest BCUT2D eigenvalue weighted by Gasteiger charge is -2.32. The van der Waals surface area contributed by atoms with Crippen LogP contribution < -0.4 is 9.80 Å². The fourth-order valence-electron chi connectivity index (χ4n) is 2.81. The Morgan fingerprint density at radius 1 is 1.16 bits per heavy atom. The molecule has 0 N–H and O–H groups in total. The summed E-state index contributed by atoms with van der Waals surface area (Å²) in [6, 6.07) is 10.8. The van der Waals surface area contributed by atoms with Gasteiger partial charge in [0.15, 0.2) is 5.82 Å². The third-order valence-corrected chi connectivity index (χ3v) is 3.54. The highest BCUT2D eigenvalue weighted by Crippen LogP contribution is 2.42. The van der Waals surface area contributed by atoms with E-state index in [0.717, 1.165) is 11.5 Å². The predicted molar refractivity (Wildman–Crippen MR) is 77.7 cm³/mol. The van der Waals surface area contributed by atoms with E-state index >= 15 is 0 Å². The minimum Gasteiger partial charge on any atom is -0.332 e. The molecule has 2 aromatic rings. The molecule has 2 heterocycles. The van der Waals surface area contributed by atoms with Crippen LogP contribution in [0.15, 0.2) is 42.9 Å². The van der Waals surface area contributed by atoms with Gasteiger partial charge in [-0.25, -0.2) is 9.97 Å². The van der Waals surface area contributed by atoms with Crippen molar-refractivity contribution in [3.8, 4) is 0 Å². The van der Waals surface area contributed by atoms with Gasteiger partial charge in [0, 0.05) is 11.7 Å².